The molecule has 6 nitrogen and oxygen atoms in total. The summed E-state index contributed by atoms with van der Waals surface area (Å²) in [5.74, 6) is 0.958. The van der Waals surface area contributed by atoms with Crippen molar-refractivity contribution in [1.29, 1.82) is 0 Å². The SMILES string of the molecule is Cc1cc(CN2CCN(CC(=O)N[C@H](C)c3ccc4c(c3)CCCC4)CC2)no1. The first kappa shape index (κ1) is 20.1. The molecule has 4 rings (SSSR count). The highest BCUT2D eigenvalue weighted by Gasteiger charge is 2.21. The molecular weight excluding hydrogens is 364 g/mol. The van der Waals surface area contributed by atoms with Gasteiger partial charge in [0.25, 0.3) is 0 Å². The first-order chi connectivity index (χ1) is 14.1. The summed E-state index contributed by atoms with van der Waals surface area (Å²) in [6.45, 7) is 8.96. The van der Waals surface area contributed by atoms with Gasteiger partial charge in [0.05, 0.1) is 18.3 Å². The van der Waals surface area contributed by atoms with E-state index in [1.807, 2.05) is 13.0 Å². The van der Waals surface area contributed by atoms with E-state index < -0.39 is 0 Å². The molecule has 6 heteroatoms. The van der Waals surface area contributed by atoms with Crippen molar-refractivity contribution < 1.29 is 9.32 Å². The van der Waals surface area contributed by atoms with Gasteiger partial charge in [0, 0.05) is 38.8 Å². The molecule has 1 N–H and O–H groups in total. The molecule has 0 radical (unpaired) electrons. The molecule has 1 amide bonds. The Bertz CT molecular complexity index is 839. The summed E-state index contributed by atoms with van der Waals surface area (Å²) in [5.41, 5.74) is 5.14. The summed E-state index contributed by atoms with van der Waals surface area (Å²) in [4.78, 5) is 17.2. The normalized spacial score (nSPS) is 19.0. The fraction of sp³-hybridized carbons (Fsp3) is 0.565. The highest BCUT2D eigenvalue weighted by atomic mass is 16.5. The summed E-state index contributed by atoms with van der Waals surface area (Å²) >= 11 is 0. The van der Waals surface area contributed by atoms with E-state index in [0.29, 0.717) is 6.54 Å². The van der Waals surface area contributed by atoms with E-state index in [-0.39, 0.29) is 11.9 Å². The van der Waals surface area contributed by atoms with Crippen LogP contribution in [0.1, 0.15) is 54.0 Å². The molecular formula is C23H32N4O2. The fourth-order valence-corrected chi connectivity index (χ4v) is 4.42. The maximum Gasteiger partial charge on any atom is 0.234 e. The Morgan fingerprint density at radius 3 is 2.55 bits per heavy atom. The van der Waals surface area contributed by atoms with Gasteiger partial charge < -0.3 is 9.84 Å². The first-order valence-corrected chi connectivity index (χ1v) is 10.8. The number of hydrogen-bond acceptors (Lipinski definition) is 5. The van der Waals surface area contributed by atoms with Crippen LogP contribution in [0.15, 0.2) is 28.8 Å². The molecule has 1 atom stereocenters. The third kappa shape index (κ3) is 5.25. The van der Waals surface area contributed by atoms with E-state index in [1.54, 1.807) is 0 Å². The van der Waals surface area contributed by atoms with Crippen LogP contribution in [0.2, 0.25) is 0 Å². The zero-order valence-electron chi connectivity index (χ0n) is 17.6. The second kappa shape index (κ2) is 9.09. The molecule has 0 spiro atoms. The number of aryl methyl sites for hydroxylation is 3. The van der Waals surface area contributed by atoms with Crippen molar-refractivity contribution in [2.24, 2.45) is 0 Å². The van der Waals surface area contributed by atoms with Gasteiger partial charge in [-0.1, -0.05) is 23.4 Å². The minimum absolute atomic E-state index is 0.0476. The number of rotatable bonds is 6. The quantitative estimate of drug-likeness (QED) is 0.814. The summed E-state index contributed by atoms with van der Waals surface area (Å²) < 4.78 is 5.14. The lowest BCUT2D eigenvalue weighted by Gasteiger charge is -2.34. The number of aromatic nitrogens is 1. The smallest absolute Gasteiger partial charge is 0.234 e. The van der Waals surface area contributed by atoms with Crippen LogP contribution in [0.5, 0.6) is 0 Å². The van der Waals surface area contributed by atoms with Gasteiger partial charge >= 0.3 is 0 Å². The zero-order valence-corrected chi connectivity index (χ0v) is 17.6. The maximum atomic E-state index is 12.6. The molecule has 1 aromatic heterocycles. The average Bonchev–Trinajstić information content (AvgIpc) is 3.13. The molecule has 1 aliphatic heterocycles. The highest BCUT2D eigenvalue weighted by Crippen LogP contribution is 2.24. The number of carbonyl (C=O) groups excluding carboxylic acids is 1. The van der Waals surface area contributed by atoms with Crippen molar-refractivity contribution >= 4 is 5.91 Å². The predicted molar refractivity (Wildman–Crippen MR) is 113 cm³/mol. The molecule has 1 saturated heterocycles. The second-order valence-corrected chi connectivity index (χ2v) is 8.51. The van der Waals surface area contributed by atoms with Crippen LogP contribution in [-0.4, -0.2) is 53.6 Å². The topological polar surface area (TPSA) is 61.6 Å². The van der Waals surface area contributed by atoms with E-state index >= 15 is 0 Å². The van der Waals surface area contributed by atoms with Crippen LogP contribution < -0.4 is 5.32 Å². The van der Waals surface area contributed by atoms with Crippen LogP contribution >= 0.6 is 0 Å². The molecule has 2 aliphatic rings. The number of nitrogens with one attached hydrogen (secondary N) is 1. The summed E-state index contributed by atoms with van der Waals surface area (Å²) in [6.07, 6.45) is 4.93. The average molecular weight is 397 g/mol. The minimum atomic E-state index is 0.0476. The van der Waals surface area contributed by atoms with Crippen molar-refractivity contribution in [3.63, 3.8) is 0 Å². The van der Waals surface area contributed by atoms with E-state index in [1.165, 1.54) is 42.4 Å². The third-order valence-electron chi connectivity index (χ3n) is 6.14. The monoisotopic (exact) mass is 396 g/mol. The highest BCUT2D eigenvalue weighted by molar-refractivity contribution is 5.78. The molecule has 29 heavy (non-hydrogen) atoms. The van der Waals surface area contributed by atoms with Gasteiger partial charge in [-0.3, -0.25) is 14.6 Å². The van der Waals surface area contributed by atoms with Crippen molar-refractivity contribution in [3.05, 3.63) is 52.4 Å². The van der Waals surface area contributed by atoms with Crippen LogP contribution in [0.25, 0.3) is 0 Å². The Morgan fingerprint density at radius 2 is 1.83 bits per heavy atom. The summed E-state index contributed by atoms with van der Waals surface area (Å²) in [6, 6.07) is 8.76. The van der Waals surface area contributed by atoms with E-state index in [4.69, 9.17) is 4.52 Å². The van der Waals surface area contributed by atoms with E-state index in [9.17, 15) is 4.79 Å². The summed E-state index contributed by atoms with van der Waals surface area (Å²) in [7, 11) is 0. The molecule has 1 aliphatic carbocycles. The number of nitrogens with zero attached hydrogens (tertiary/aromatic N) is 3. The van der Waals surface area contributed by atoms with Crippen LogP contribution in [0.4, 0.5) is 0 Å². The van der Waals surface area contributed by atoms with E-state index in [2.05, 4.69) is 45.4 Å². The van der Waals surface area contributed by atoms with Gasteiger partial charge in [-0.25, -0.2) is 0 Å². The first-order valence-electron chi connectivity index (χ1n) is 10.8. The molecule has 0 unspecified atom stereocenters. The molecule has 0 bridgehead atoms. The minimum Gasteiger partial charge on any atom is -0.361 e. The lowest BCUT2D eigenvalue weighted by atomic mass is 9.89. The standard InChI is InChI=1S/C23H32N4O2/c1-17-13-22(25-29-17)15-26-9-11-27(12-10-26)16-23(28)24-18(2)20-8-7-19-5-3-4-6-21(19)14-20/h7-8,13-14,18H,3-6,9-12,15-16H2,1-2H3,(H,24,28)/t18-/m1/s1. The number of hydrogen-bond donors (Lipinski definition) is 1. The Balaban J connectivity index is 1.23. The maximum absolute atomic E-state index is 12.6. The molecule has 2 aromatic rings. The van der Waals surface area contributed by atoms with Crippen LogP contribution in [-0.2, 0) is 24.2 Å². The Labute approximate surface area is 173 Å². The number of carbonyl (C=O) groups is 1. The molecule has 156 valence electrons. The van der Waals surface area contributed by atoms with Gasteiger partial charge in [-0.15, -0.1) is 0 Å². The summed E-state index contributed by atoms with van der Waals surface area (Å²) in [5, 5.41) is 7.26. The van der Waals surface area contributed by atoms with Crippen molar-refractivity contribution in [3.8, 4) is 0 Å². The molecule has 0 saturated carbocycles. The zero-order chi connectivity index (χ0) is 20.2. The fourth-order valence-electron chi connectivity index (χ4n) is 4.42. The number of piperazine rings is 1. The Morgan fingerprint density at radius 1 is 1.10 bits per heavy atom. The van der Waals surface area contributed by atoms with Crippen molar-refractivity contribution in [2.75, 3.05) is 32.7 Å². The largest absolute Gasteiger partial charge is 0.361 e. The Hall–Kier alpha value is -2.18. The van der Waals surface area contributed by atoms with Gasteiger partial charge in [-0.05, 0) is 56.2 Å². The number of benzene rings is 1. The number of amides is 1. The molecule has 2 heterocycles. The second-order valence-electron chi connectivity index (χ2n) is 8.51. The van der Waals surface area contributed by atoms with Crippen molar-refractivity contribution in [1.82, 2.24) is 20.3 Å². The predicted octanol–water partition coefficient (Wildman–Crippen LogP) is 2.86. The van der Waals surface area contributed by atoms with Crippen molar-refractivity contribution in [2.45, 2.75) is 52.1 Å². The lowest BCUT2D eigenvalue weighted by Crippen LogP contribution is -2.49. The lowest BCUT2D eigenvalue weighted by molar-refractivity contribution is -0.123. The van der Waals surface area contributed by atoms with Crippen LogP contribution in [0, 0.1) is 6.92 Å². The third-order valence-corrected chi connectivity index (χ3v) is 6.14. The molecule has 1 fully saturated rings. The molecule has 1 aromatic carbocycles. The van der Waals surface area contributed by atoms with Gasteiger partial charge in [0.2, 0.25) is 5.91 Å². The van der Waals surface area contributed by atoms with Crippen LogP contribution in [0.3, 0.4) is 0 Å². The van der Waals surface area contributed by atoms with Gasteiger partial charge in [0.1, 0.15) is 5.76 Å². The van der Waals surface area contributed by atoms with E-state index in [0.717, 1.165) is 44.2 Å². The number of fused-ring (bicyclic) bond motifs is 1. The van der Waals surface area contributed by atoms with Gasteiger partial charge in [-0.2, -0.15) is 0 Å². The Kier molecular flexibility index (Phi) is 6.31. The van der Waals surface area contributed by atoms with Gasteiger partial charge in [0.15, 0.2) is 0 Å².